The Kier molecular flexibility index (Phi) is 5.64. The number of rotatable bonds is 4. The molecule has 2 rings (SSSR count). The van der Waals surface area contributed by atoms with Gasteiger partial charge in [0, 0.05) is 19.2 Å². The molecule has 120 valence electrons. The van der Waals surface area contributed by atoms with Crippen molar-refractivity contribution >= 4 is 35.1 Å². The molecule has 0 N–H and O–H groups in total. The SMILES string of the molecule is COC(=O)c1ccc(CN(C)C(=O)c2ccc(Cl)c(Cl)c2)cc1. The van der Waals surface area contributed by atoms with E-state index in [1.54, 1.807) is 54.4 Å². The molecule has 0 bridgehead atoms. The minimum atomic E-state index is -0.392. The van der Waals surface area contributed by atoms with Gasteiger partial charge in [0.25, 0.3) is 5.91 Å². The van der Waals surface area contributed by atoms with Gasteiger partial charge in [-0.05, 0) is 35.9 Å². The Bertz CT molecular complexity index is 729. The maximum Gasteiger partial charge on any atom is 0.337 e. The molecule has 0 aliphatic carbocycles. The van der Waals surface area contributed by atoms with Crippen molar-refractivity contribution in [3.63, 3.8) is 0 Å². The van der Waals surface area contributed by atoms with Gasteiger partial charge in [-0.1, -0.05) is 35.3 Å². The van der Waals surface area contributed by atoms with Crippen LogP contribution in [0.1, 0.15) is 26.3 Å². The van der Waals surface area contributed by atoms with Gasteiger partial charge < -0.3 is 9.64 Å². The lowest BCUT2D eigenvalue weighted by Gasteiger charge is -2.18. The van der Waals surface area contributed by atoms with E-state index in [9.17, 15) is 9.59 Å². The van der Waals surface area contributed by atoms with Crippen molar-refractivity contribution < 1.29 is 14.3 Å². The van der Waals surface area contributed by atoms with Crippen molar-refractivity contribution in [2.24, 2.45) is 0 Å². The molecule has 0 unspecified atom stereocenters. The molecule has 2 aromatic rings. The Balaban J connectivity index is 2.08. The molecular formula is C17H15Cl2NO3. The predicted molar refractivity (Wildman–Crippen MR) is 90.0 cm³/mol. The van der Waals surface area contributed by atoms with Gasteiger partial charge in [0.15, 0.2) is 0 Å². The molecule has 0 radical (unpaired) electrons. The quantitative estimate of drug-likeness (QED) is 0.780. The van der Waals surface area contributed by atoms with Crippen molar-refractivity contribution in [1.82, 2.24) is 4.90 Å². The molecule has 0 saturated carbocycles. The number of carbonyl (C=O) groups excluding carboxylic acids is 2. The summed E-state index contributed by atoms with van der Waals surface area (Å²) in [6, 6.07) is 11.7. The van der Waals surface area contributed by atoms with Gasteiger partial charge in [0.1, 0.15) is 0 Å². The minimum absolute atomic E-state index is 0.166. The van der Waals surface area contributed by atoms with Crippen LogP contribution in [0.2, 0.25) is 10.0 Å². The van der Waals surface area contributed by atoms with Crippen molar-refractivity contribution in [1.29, 1.82) is 0 Å². The fourth-order valence-corrected chi connectivity index (χ4v) is 2.36. The van der Waals surface area contributed by atoms with Crippen LogP contribution in [0.3, 0.4) is 0 Å². The van der Waals surface area contributed by atoms with E-state index in [2.05, 4.69) is 4.74 Å². The zero-order valence-electron chi connectivity index (χ0n) is 12.7. The van der Waals surface area contributed by atoms with Crippen LogP contribution in [0.15, 0.2) is 42.5 Å². The van der Waals surface area contributed by atoms with Gasteiger partial charge in [-0.2, -0.15) is 0 Å². The first kappa shape index (κ1) is 17.3. The second kappa shape index (κ2) is 7.49. The smallest absolute Gasteiger partial charge is 0.337 e. The average molecular weight is 352 g/mol. The summed E-state index contributed by atoms with van der Waals surface area (Å²) in [6.45, 7) is 0.403. The van der Waals surface area contributed by atoms with Crippen LogP contribution >= 0.6 is 23.2 Å². The first-order valence-electron chi connectivity index (χ1n) is 6.80. The minimum Gasteiger partial charge on any atom is -0.465 e. The third kappa shape index (κ3) is 4.24. The Morgan fingerprint density at radius 2 is 1.61 bits per heavy atom. The number of methoxy groups -OCH3 is 1. The highest BCUT2D eigenvalue weighted by atomic mass is 35.5. The van der Waals surface area contributed by atoms with Crippen LogP contribution in [0.5, 0.6) is 0 Å². The van der Waals surface area contributed by atoms with Gasteiger partial charge in [0.2, 0.25) is 0 Å². The number of hydrogen-bond acceptors (Lipinski definition) is 3. The summed E-state index contributed by atoms with van der Waals surface area (Å²) in [5.41, 5.74) is 1.83. The molecule has 4 nitrogen and oxygen atoms in total. The summed E-state index contributed by atoms with van der Waals surface area (Å²) < 4.78 is 4.65. The highest BCUT2D eigenvalue weighted by Crippen LogP contribution is 2.23. The molecule has 0 aromatic heterocycles. The first-order valence-corrected chi connectivity index (χ1v) is 7.55. The van der Waals surface area contributed by atoms with Gasteiger partial charge >= 0.3 is 5.97 Å². The number of benzene rings is 2. The lowest BCUT2D eigenvalue weighted by atomic mass is 10.1. The number of halogens is 2. The zero-order valence-corrected chi connectivity index (χ0v) is 14.2. The molecule has 0 aliphatic rings. The molecule has 0 aliphatic heterocycles. The lowest BCUT2D eigenvalue weighted by molar-refractivity contribution is 0.0600. The molecule has 0 saturated heterocycles. The van der Waals surface area contributed by atoms with Crippen LogP contribution in [-0.4, -0.2) is 30.9 Å². The number of hydrogen-bond donors (Lipinski definition) is 0. The van der Waals surface area contributed by atoms with E-state index >= 15 is 0 Å². The van der Waals surface area contributed by atoms with E-state index in [-0.39, 0.29) is 5.91 Å². The normalized spacial score (nSPS) is 10.3. The van der Waals surface area contributed by atoms with Crippen LogP contribution in [0.4, 0.5) is 0 Å². The van der Waals surface area contributed by atoms with Gasteiger partial charge in [-0.3, -0.25) is 4.79 Å². The number of nitrogens with zero attached hydrogens (tertiary/aromatic N) is 1. The van der Waals surface area contributed by atoms with Gasteiger partial charge in [-0.15, -0.1) is 0 Å². The zero-order chi connectivity index (χ0) is 17.0. The summed E-state index contributed by atoms with van der Waals surface area (Å²) >= 11 is 11.8. The predicted octanol–water partition coefficient (Wildman–Crippen LogP) is 4.05. The second-order valence-corrected chi connectivity index (χ2v) is 5.79. The standard InChI is InChI=1S/C17H15Cl2NO3/c1-20(16(21)13-7-8-14(18)15(19)9-13)10-11-3-5-12(6-4-11)17(22)23-2/h3-9H,10H2,1-2H3. The number of amides is 1. The summed E-state index contributed by atoms with van der Waals surface area (Å²) in [7, 11) is 3.03. The molecule has 1 amide bonds. The summed E-state index contributed by atoms with van der Waals surface area (Å²) in [6.07, 6.45) is 0. The molecule has 0 atom stereocenters. The maximum atomic E-state index is 12.4. The Morgan fingerprint density at radius 3 is 2.17 bits per heavy atom. The Labute approximate surface area is 144 Å². The number of ether oxygens (including phenoxy) is 1. The maximum absolute atomic E-state index is 12.4. The van der Waals surface area contributed by atoms with E-state index in [1.807, 2.05) is 0 Å². The molecule has 0 heterocycles. The van der Waals surface area contributed by atoms with Crippen molar-refractivity contribution in [3.05, 3.63) is 69.2 Å². The highest BCUT2D eigenvalue weighted by molar-refractivity contribution is 6.42. The van der Waals surface area contributed by atoms with Crippen LogP contribution in [-0.2, 0) is 11.3 Å². The molecule has 23 heavy (non-hydrogen) atoms. The summed E-state index contributed by atoms with van der Waals surface area (Å²) in [5, 5.41) is 0.748. The summed E-state index contributed by atoms with van der Waals surface area (Å²) in [4.78, 5) is 25.3. The monoisotopic (exact) mass is 351 g/mol. The van der Waals surface area contributed by atoms with Crippen molar-refractivity contribution in [3.8, 4) is 0 Å². The average Bonchev–Trinajstić information content (AvgIpc) is 2.56. The number of carbonyl (C=O) groups is 2. The Hall–Kier alpha value is -2.04. The van der Waals surface area contributed by atoms with Crippen LogP contribution in [0, 0.1) is 0 Å². The van der Waals surface area contributed by atoms with E-state index in [0.717, 1.165) is 5.56 Å². The fourth-order valence-electron chi connectivity index (χ4n) is 2.06. The third-order valence-corrected chi connectivity index (χ3v) is 4.05. The van der Waals surface area contributed by atoms with E-state index < -0.39 is 5.97 Å². The van der Waals surface area contributed by atoms with Gasteiger partial charge in [-0.25, -0.2) is 4.79 Å². The molecule has 0 fully saturated rings. The third-order valence-electron chi connectivity index (χ3n) is 3.31. The fraction of sp³-hybridized carbons (Fsp3) is 0.176. The molecule has 2 aromatic carbocycles. The second-order valence-electron chi connectivity index (χ2n) is 4.98. The number of esters is 1. The van der Waals surface area contributed by atoms with Crippen LogP contribution < -0.4 is 0 Å². The van der Waals surface area contributed by atoms with E-state index in [1.165, 1.54) is 7.11 Å². The topological polar surface area (TPSA) is 46.6 Å². The van der Waals surface area contributed by atoms with Gasteiger partial charge in [0.05, 0.1) is 22.7 Å². The molecular weight excluding hydrogens is 337 g/mol. The van der Waals surface area contributed by atoms with Crippen LogP contribution in [0.25, 0.3) is 0 Å². The van der Waals surface area contributed by atoms with Crippen molar-refractivity contribution in [2.45, 2.75) is 6.54 Å². The highest BCUT2D eigenvalue weighted by Gasteiger charge is 2.14. The molecule has 0 spiro atoms. The largest absolute Gasteiger partial charge is 0.465 e. The Morgan fingerprint density at radius 1 is 1.00 bits per heavy atom. The summed E-state index contributed by atoms with van der Waals surface area (Å²) in [5.74, 6) is -0.558. The van der Waals surface area contributed by atoms with E-state index in [4.69, 9.17) is 23.2 Å². The molecule has 6 heteroatoms. The first-order chi connectivity index (χ1) is 10.9. The van der Waals surface area contributed by atoms with Crippen molar-refractivity contribution in [2.75, 3.05) is 14.2 Å². The lowest BCUT2D eigenvalue weighted by Crippen LogP contribution is -2.26. The van der Waals surface area contributed by atoms with E-state index in [0.29, 0.717) is 27.7 Å².